The molecule has 2 rings (SSSR count). The fourth-order valence-corrected chi connectivity index (χ4v) is 2.51. The number of primary amides is 1. The van der Waals surface area contributed by atoms with Crippen molar-refractivity contribution < 1.29 is 9.53 Å². The molecule has 1 aromatic carbocycles. The number of amides is 1. The minimum atomic E-state index is -0.683. The molecule has 2 aromatic rings. The highest BCUT2D eigenvalue weighted by atomic mass is 79.9. The third-order valence-corrected chi connectivity index (χ3v) is 3.06. The first-order valence-corrected chi connectivity index (χ1v) is 5.95. The number of rotatable bonds is 3. The maximum atomic E-state index is 11.2. The van der Waals surface area contributed by atoms with Gasteiger partial charge in [-0.15, -0.1) is 0 Å². The fraction of sp³-hybridized carbons (Fsp3) is 0.100. The van der Waals surface area contributed by atoms with Crippen LogP contribution in [-0.2, 0) is 0 Å². The summed E-state index contributed by atoms with van der Waals surface area (Å²) in [5.74, 6) is -0.187. The van der Waals surface area contributed by atoms with Gasteiger partial charge in [0.15, 0.2) is 5.69 Å². The van der Waals surface area contributed by atoms with Gasteiger partial charge in [-0.1, -0.05) is 11.6 Å². The van der Waals surface area contributed by atoms with Crippen molar-refractivity contribution in [2.24, 2.45) is 5.73 Å². The van der Waals surface area contributed by atoms with Crippen molar-refractivity contribution in [2.45, 2.75) is 0 Å². The average molecular weight is 332 g/mol. The van der Waals surface area contributed by atoms with Gasteiger partial charge >= 0.3 is 0 Å². The lowest BCUT2D eigenvalue weighted by molar-refractivity contribution is 0.0996. The van der Waals surface area contributed by atoms with Crippen molar-refractivity contribution in [2.75, 3.05) is 7.11 Å². The summed E-state index contributed by atoms with van der Waals surface area (Å²) in [4.78, 5) is 11.2. The number of carbonyl (C=O) groups is 1. The Morgan fingerprint density at radius 3 is 2.83 bits per heavy atom. The van der Waals surface area contributed by atoms with Gasteiger partial charge < -0.3 is 10.5 Å². The Morgan fingerprint density at radius 1 is 1.50 bits per heavy atom. The maximum Gasteiger partial charge on any atom is 0.271 e. The Bertz CT molecular complexity index is 614. The molecule has 1 amide bonds. The molecular weight excluding hydrogens is 323 g/mol. The third-order valence-electron chi connectivity index (χ3n) is 2.25. The van der Waals surface area contributed by atoms with Crippen molar-refractivity contribution >= 4 is 33.4 Å². The molecule has 0 spiro atoms. The number of nitrogens with one attached hydrogen (secondary N) is 1. The molecule has 6 nitrogen and oxygen atoms in total. The van der Waals surface area contributed by atoms with Crippen molar-refractivity contribution in [3.8, 4) is 17.0 Å². The van der Waals surface area contributed by atoms with Crippen LogP contribution < -0.4 is 10.5 Å². The van der Waals surface area contributed by atoms with E-state index in [1.807, 2.05) is 0 Å². The van der Waals surface area contributed by atoms with Gasteiger partial charge in [0.05, 0.1) is 11.6 Å². The van der Waals surface area contributed by atoms with Crippen LogP contribution in [0.5, 0.6) is 5.75 Å². The normalized spacial score (nSPS) is 10.4. The molecule has 0 saturated carbocycles. The number of nitrogens with zero attached hydrogens (tertiary/aromatic N) is 2. The second kappa shape index (κ2) is 4.95. The first-order chi connectivity index (χ1) is 8.54. The van der Waals surface area contributed by atoms with Crippen LogP contribution in [0.4, 0.5) is 0 Å². The molecule has 94 valence electrons. The molecular formula is C10H8BrClN4O2. The molecule has 0 atom stereocenters. The number of hydrogen-bond donors (Lipinski definition) is 2. The highest BCUT2D eigenvalue weighted by Gasteiger charge is 2.20. The van der Waals surface area contributed by atoms with Crippen LogP contribution >= 0.6 is 27.5 Å². The Hall–Kier alpha value is -1.60. The van der Waals surface area contributed by atoms with Crippen LogP contribution in [0.2, 0.25) is 5.02 Å². The molecule has 0 unspecified atom stereocenters. The summed E-state index contributed by atoms with van der Waals surface area (Å²) in [5, 5.41) is 10.4. The van der Waals surface area contributed by atoms with E-state index in [0.717, 1.165) is 0 Å². The number of methoxy groups -OCH3 is 1. The van der Waals surface area contributed by atoms with Crippen molar-refractivity contribution in [3.63, 3.8) is 0 Å². The van der Waals surface area contributed by atoms with E-state index >= 15 is 0 Å². The van der Waals surface area contributed by atoms with Crippen LogP contribution in [0, 0.1) is 0 Å². The van der Waals surface area contributed by atoms with Crippen LogP contribution in [0.1, 0.15) is 10.5 Å². The zero-order valence-electron chi connectivity index (χ0n) is 9.20. The van der Waals surface area contributed by atoms with Gasteiger partial charge in [0.1, 0.15) is 11.4 Å². The molecule has 0 aliphatic rings. The zero-order chi connectivity index (χ0) is 13.3. The van der Waals surface area contributed by atoms with Gasteiger partial charge in [-0.2, -0.15) is 15.4 Å². The molecule has 0 saturated heterocycles. The van der Waals surface area contributed by atoms with Gasteiger partial charge in [0.2, 0.25) is 0 Å². The third kappa shape index (κ3) is 2.19. The van der Waals surface area contributed by atoms with Crippen LogP contribution in [0.25, 0.3) is 11.3 Å². The van der Waals surface area contributed by atoms with E-state index < -0.39 is 5.91 Å². The summed E-state index contributed by atoms with van der Waals surface area (Å²) in [5.41, 5.74) is 6.07. The van der Waals surface area contributed by atoms with E-state index in [4.69, 9.17) is 22.1 Å². The first kappa shape index (κ1) is 12.8. The maximum absolute atomic E-state index is 11.2. The quantitative estimate of drug-likeness (QED) is 0.899. The number of nitrogens with two attached hydrogens (primary N) is 1. The summed E-state index contributed by atoms with van der Waals surface area (Å²) >= 11 is 9.29. The predicted molar refractivity (Wildman–Crippen MR) is 69.6 cm³/mol. The van der Waals surface area contributed by atoms with Gasteiger partial charge in [-0.05, 0) is 28.1 Å². The predicted octanol–water partition coefficient (Wildman–Crippen LogP) is 2.00. The van der Waals surface area contributed by atoms with Crippen LogP contribution in [0.3, 0.4) is 0 Å². The highest BCUT2D eigenvalue weighted by Crippen LogP contribution is 2.38. The van der Waals surface area contributed by atoms with Crippen molar-refractivity contribution in [1.82, 2.24) is 15.4 Å². The molecule has 0 radical (unpaired) electrons. The second-order valence-corrected chi connectivity index (χ2v) is 4.64. The lowest BCUT2D eigenvalue weighted by Gasteiger charge is -2.09. The van der Waals surface area contributed by atoms with Crippen molar-refractivity contribution in [1.29, 1.82) is 0 Å². The van der Waals surface area contributed by atoms with E-state index in [2.05, 4.69) is 31.3 Å². The van der Waals surface area contributed by atoms with Gasteiger partial charge in [0, 0.05) is 10.6 Å². The number of hydrogen-bond acceptors (Lipinski definition) is 4. The molecule has 18 heavy (non-hydrogen) atoms. The van der Waals surface area contributed by atoms with Gasteiger partial charge in [-0.3, -0.25) is 4.79 Å². The van der Waals surface area contributed by atoms with Crippen molar-refractivity contribution in [3.05, 3.63) is 27.3 Å². The SMILES string of the molecule is COc1c(Br)cc(Cl)cc1-c1n[nH]nc1C(N)=O. The zero-order valence-corrected chi connectivity index (χ0v) is 11.5. The lowest BCUT2D eigenvalue weighted by atomic mass is 10.1. The molecule has 0 aliphatic heterocycles. The van der Waals surface area contributed by atoms with E-state index in [9.17, 15) is 4.79 Å². The summed E-state index contributed by atoms with van der Waals surface area (Å²) in [6.45, 7) is 0. The summed E-state index contributed by atoms with van der Waals surface area (Å²) in [6.07, 6.45) is 0. The Balaban J connectivity index is 2.70. The van der Waals surface area contributed by atoms with E-state index in [1.165, 1.54) is 7.11 Å². The van der Waals surface area contributed by atoms with E-state index in [0.29, 0.717) is 26.5 Å². The second-order valence-electron chi connectivity index (χ2n) is 3.35. The lowest BCUT2D eigenvalue weighted by Crippen LogP contribution is -2.13. The Kier molecular flexibility index (Phi) is 3.53. The number of aromatic nitrogens is 3. The molecule has 3 N–H and O–H groups in total. The van der Waals surface area contributed by atoms with E-state index in [-0.39, 0.29) is 5.69 Å². The summed E-state index contributed by atoms with van der Waals surface area (Å²) in [7, 11) is 1.50. The largest absolute Gasteiger partial charge is 0.495 e. The molecule has 1 aromatic heterocycles. The average Bonchev–Trinajstić information content (AvgIpc) is 2.76. The standard InChI is InChI=1S/C10H8BrClN4O2/c1-18-9-5(2-4(12)3-6(9)11)7-8(10(13)17)15-16-14-7/h2-3H,1H3,(H2,13,17)(H,14,15,16). The van der Waals surface area contributed by atoms with Gasteiger partial charge in [-0.25, -0.2) is 0 Å². The number of ether oxygens (including phenoxy) is 1. The topological polar surface area (TPSA) is 93.9 Å². The molecule has 1 heterocycles. The number of H-pyrrole nitrogens is 1. The highest BCUT2D eigenvalue weighted by molar-refractivity contribution is 9.10. The minimum absolute atomic E-state index is 0.0301. The first-order valence-electron chi connectivity index (χ1n) is 4.78. The number of aromatic amines is 1. The minimum Gasteiger partial charge on any atom is -0.495 e. The number of carbonyl (C=O) groups excluding carboxylic acids is 1. The molecule has 0 fully saturated rings. The molecule has 8 heteroatoms. The summed E-state index contributed by atoms with van der Waals surface area (Å²) < 4.78 is 5.89. The molecule has 0 aliphatic carbocycles. The monoisotopic (exact) mass is 330 g/mol. The molecule has 0 bridgehead atoms. The Labute approximate surface area is 116 Å². The number of halogens is 2. The van der Waals surface area contributed by atoms with Crippen LogP contribution in [-0.4, -0.2) is 28.4 Å². The van der Waals surface area contributed by atoms with Gasteiger partial charge in [0.25, 0.3) is 5.91 Å². The smallest absolute Gasteiger partial charge is 0.271 e. The van der Waals surface area contributed by atoms with Crippen LogP contribution in [0.15, 0.2) is 16.6 Å². The summed E-state index contributed by atoms with van der Waals surface area (Å²) in [6, 6.07) is 3.29. The van der Waals surface area contributed by atoms with E-state index in [1.54, 1.807) is 12.1 Å². The fourth-order valence-electron chi connectivity index (χ4n) is 1.53. The number of benzene rings is 1. The Morgan fingerprint density at radius 2 is 2.22 bits per heavy atom.